The third-order valence-electron chi connectivity index (χ3n) is 3.63. The lowest BCUT2D eigenvalue weighted by Crippen LogP contribution is -2.31. The minimum absolute atomic E-state index is 0.496. The van der Waals surface area contributed by atoms with Crippen molar-refractivity contribution in [2.24, 2.45) is 11.7 Å². The lowest BCUT2D eigenvalue weighted by atomic mass is 10.1. The molecule has 0 aromatic carbocycles. The Kier molecular flexibility index (Phi) is 3.23. The first-order valence-electron chi connectivity index (χ1n) is 5.83. The molecule has 13 heavy (non-hydrogen) atoms. The third-order valence-corrected chi connectivity index (χ3v) is 3.63. The monoisotopic (exact) mass is 182 g/mol. The molecule has 0 bridgehead atoms. The smallest absolute Gasteiger partial charge is 0.00671 e. The third kappa shape index (κ3) is 2.68. The largest absolute Gasteiger partial charge is 0.328 e. The van der Waals surface area contributed by atoms with Gasteiger partial charge >= 0.3 is 0 Å². The van der Waals surface area contributed by atoms with Gasteiger partial charge in [0.1, 0.15) is 0 Å². The van der Waals surface area contributed by atoms with Crippen LogP contribution in [0.5, 0.6) is 0 Å². The van der Waals surface area contributed by atoms with Crippen molar-refractivity contribution in [3.05, 3.63) is 0 Å². The molecule has 2 atom stereocenters. The first-order valence-corrected chi connectivity index (χ1v) is 5.83. The molecular weight excluding hydrogens is 160 g/mol. The fraction of sp³-hybridized carbons (Fsp3) is 1.00. The minimum atomic E-state index is 0.496. The predicted molar refractivity (Wildman–Crippen MR) is 55.6 cm³/mol. The average Bonchev–Trinajstić information content (AvgIpc) is 2.71. The Balaban J connectivity index is 1.62. The van der Waals surface area contributed by atoms with E-state index in [9.17, 15) is 0 Å². The lowest BCUT2D eigenvalue weighted by molar-refractivity contribution is 0.431. The molecule has 2 saturated carbocycles. The van der Waals surface area contributed by atoms with Crippen LogP contribution in [0, 0.1) is 5.92 Å². The lowest BCUT2D eigenvalue weighted by Gasteiger charge is -2.15. The van der Waals surface area contributed by atoms with Gasteiger partial charge in [-0.1, -0.05) is 12.8 Å². The molecule has 0 aromatic rings. The zero-order chi connectivity index (χ0) is 9.10. The fourth-order valence-corrected chi connectivity index (χ4v) is 2.76. The van der Waals surface area contributed by atoms with Crippen LogP contribution in [0.4, 0.5) is 0 Å². The molecule has 2 nitrogen and oxygen atoms in total. The maximum atomic E-state index is 5.88. The number of nitrogens with two attached hydrogens (primary N) is 1. The Morgan fingerprint density at radius 3 is 2.46 bits per heavy atom. The van der Waals surface area contributed by atoms with Crippen LogP contribution in [0.3, 0.4) is 0 Å². The first kappa shape index (κ1) is 9.47. The van der Waals surface area contributed by atoms with Gasteiger partial charge in [-0.15, -0.1) is 0 Å². The van der Waals surface area contributed by atoms with E-state index in [2.05, 4.69) is 5.32 Å². The van der Waals surface area contributed by atoms with Crippen LogP contribution in [0.2, 0.25) is 0 Å². The van der Waals surface area contributed by atoms with Gasteiger partial charge in [-0.25, -0.2) is 0 Å². The molecule has 0 spiro atoms. The van der Waals surface area contributed by atoms with E-state index in [0.717, 1.165) is 12.0 Å². The molecule has 0 saturated heterocycles. The van der Waals surface area contributed by atoms with E-state index in [-0.39, 0.29) is 0 Å². The van der Waals surface area contributed by atoms with Crippen molar-refractivity contribution in [2.75, 3.05) is 6.54 Å². The molecule has 76 valence electrons. The summed E-state index contributed by atoms with van der Waals surface area (Å²) in [5, 5.41) is 3.69. The normalized spacial score (nSPS) is 35.8. The topological polar surface area (TPSA) is 38.0 Å². The van der Waals surface area contributed by atoms with E-state index in [1.54, 1.807) is 0 Å². The summed E-state index contributed by atoms with van der Waals surface area (Å²) in [5.74, 6) is 0.871. The SMILES string of the molecule is NC1CCC(CNC2CCCC2)C1. The second kappa shape index (κ2) is 4.43. The molecule has 3 N–H and O–H groups in total. The van der Waals surface area contributed by atoms with Gasteiger partial charge in [0.15, 0.2) is 0 Å². The second-order valence-corrected chi connectivity index (χ2v) is 4.83. The molecule has 2 rings (SSSR count). The molecule has 0 amide bonds. The highest BCUT2D eigenvalue weighted by atomic mass is 14.9. The first-order chi connectivity index (χ1) is 6.34. The zero-order valence-corrected chi connectivity index (χ0v) is 8.47. The predicted octanol–water partition coefficient (Wildman–Crippen LogP) is 1.65. The van der Waals surface area contributed by atoms with Gasteiger partial charge in [0.2, 0.25) is 0 Å². The number of hydrogen-bond donors (Lipinski definition) is 2. The summed E-state index contributed by atoms with van der Waals surface area (Å²) < 4.78 is 0. The van der Waals surface area contributed by atoms with E-state index in [0.29, 0.717) is 6.04 Å². The van der Waals surface area contributed by atoms with Crippen molar-refractivity contribution in [2.45, 2.75) is 57.0 Å². The van der Waals surface area contributed by atoms with Crippen molar-refractivity contribution >= 4 is 0 Å². The number of rotatable bonds is 3. The summed E-state index contributed by atoms with van der Waals surface area (Å²) in [4.78, 5) is 0. The van der Waals surface area contributed by atoms with Gasteiger partial charge < -0.3 is 11.1 Å². The highest BCUT2D eigenvalue weighted by molar-refractivity contribution is 4.81. The molecule has 2 heteroatoms. The molecule has 2 aliphatic carbocycles. The number of nitrogens with one attached hydrogen (secondary N) is 1. The molecule has 0 heterocycles. The Morgan fingerprint density at radius 2 is 1.85 bits per heavy atom. The highest BCUT2D eigenvalue weighted by Crippen LogP contribution is 2.24. The molecule has 0 aliphatic heterocycles. The molecule has 2 fully saturated rings. The van der Waals surface area contributed by atoms with Crippen molar-refractivity contribution < 1.29 is 0 Å². The maximum absolute atomic E-state index is 5.88. The standard InChI is InChI=1S/C11H22N2/c12-10-6-5-9(7-10)8-13-11-3-1-2-4-11/h9-11,13H,1-8,12H2. The van der Waals surface area contributed by atoms with Crippen LogP contribution in [-0.4, -0.2) is 18.6 Å². The summed E-state index contributed by atoms with van der Waals surface area (Å²) >= 11 is 0. The maximum Gasteiger partial charge on any atom is 0.00671 e. The van der Waals surface area contributed by atoms with E-state index >= 15 is 0 Å². The fourth-order valence-electron chi connectivity index (χ4n) is 2.76. The molecule has 2 aliphatic rings. The summed E-state index contributed by atoms with van der Waals surface area (Å²) in [6, 6.07) is 1.33. The van der Waals surface area contributed by atoms with Gasteiger partial charge in [-0.2, -0.15) is 0 Å². The summed E-state index contributed by atoms with van der Waals surface area (Å²) in [6.07, 6.45) is 9.51. The Hall–Kier alpha value is -0.0800. The molecular formula is C11H22N2. The highest BCUT2D eigenvalue weighted by Gasteiger charge is 2.23. The molecule has 0 aromatic heterocycles. The van der Waals surface area contributed by atoms with E-state index in [4.69, 9.17) is 5.73 Å². The van der Waals surface area contributed by atoms with E-state index in [1.165, 1.54) is 51.5 Å². The summed E-state index contributed by atoms with van der Waals surface area (Å²) in [6.45, 7) is 1.22. The molecule has 0 radical (unpaired) electrons. The van der Waals surface area contributed by atoms with E-state index < -0.39 is 0 Å². The molecule has 2 unspecified atom stereocenters. The van der Waals surface area contributed by atoms with Crippen LogP contribution in [0.25, 0.3) is 0 Å². The van der Waals surface area contributed by atoms with Crippen LogP contribution in [0.1, 0.15) is 44.9 Å². The van der Waals surface area contributed by atoms with Crippen LogP contribution >= 0.6 is 0 Å². The Labute approximate surface area is 81.3 Å². The van der Waals surface area contributed by atoms with Gasteiger partial charge in [0.25, 0.3) is 0 Å². The summed E-state index contributed by atoms with van der Waals surface area (Å²) in [5.41, 5.74) is 5.88. The zero-order valence-electron chi connectivity index (χ0n) is 8.47. The Bertz CT molecular complexity index is 152. The average molecular weight is 182 g/mol. The van der Waals surface area contributed by atoms with Gasteiger partial charge in [-0.3, -0.25) is 0 Å². The number of hydrogen-bond acceptors (Lipinski definition) is 2. The van der Waals surface area contributed by atoms with Crippen molar-refractivity contribution in [3.63, 3.8) is 0 Å². The van der Waals surface area contributed by atoms with Gasteiger partial charge in [-0.05, 0) is 44.6 Å². The summed E-state index contributed by atoms with van der Waals surface area (Å²) in [7, 11) is 0. The van der Waals surface area contributed by atoms with Crippen molar-refractivity contribution in [1.82, 2.24) is 5.32 Å². The van der Waals surface area contributed by atoms with Crippen LogP contribution in [0.15, 0.2) is 0 Å². The Morgan fingerprint density at radius 1 is 1.08 bits per heavy atom. The van der Waals surface area contributed by atoms with Crippen molar-refractivity contribution in [3.8, 4) is 0 Å². The van der Waals surface area contributed by atoms with Crippen molar-refractivity contribution in [1.29, 1.82) is 0 Å². The van der Waals surface area contributed by atoms with Gasteiger partial charge in [0.05, 0.1) is 0 Å². The minimum Gasteiger partial charge on any atom is -0.328 e. The van der Waals surface area contributed by atoms with Gasteiger partial charge in [0, 0.05) is 12.1 Å². The van der Waals surface area contributed by atoms with Crippen LogP contribution in [-0.2, 0) is 0 Å². The quantitative estimate of drug-likeness (QED) is 0.696. The van der Waals surface area contributed by atoms with E-state index in [1.807, 2.05) is 0 Å². The van der Waals surface area contributed by atoms with Crippen LogP contribution < -0.4 is 11.1 Å². The second-order valence-electron chi connectivity index (χ2n) is 4.83.